The molecule has 1 atom stereocenters. The number of rotatable bonds is 7. The third-order valence-electron chi connectivity index (χ3n) is 4.51. The number of amides is 1. The Morgan fingerprint density at radius 3 is 2.46 bits per heavy atom. The first-order chi connectivity index (χ1) is 13.6. The lowest BCUT2D eigenvalue weighted by molar-refractivity contribution is -0.124. The molecule has 28 heavy (non-hydrogen) atoms. The van der Waals surface area contributed by atoms with E-state index in [0.29, 0.717) is 18.7 Å². The van der Waals surface area contributed by atoms with Gasteiger partial charge in [-0.15, -0.1) is 0 Å². The zero-order valence-corrected chi connectivity index (χ0v) is 16.0. The average Bonchev–Trinajstić information content (AvgIpc) is 2.74. The van der Waals surface area contributed by atoms with E-state index >= 15 is 0 Å². The minimum Gasteiger partial charge on any atom is -0.497 e. The summed E-state index contributed by atoms with van der Waals surface area (Å²) in [7, 11) is 1.62. The highest BCUT2D eigenvalue weighted by Gasteiger charge is 2.17. The topological polar surface area (TPSA) is 73.2 Å². The molecule has 1 heterocycles. The Kier molecular flexibility index (Phi) is 6.22. The van der Waals surface area contributed by atoms with Gasteiger partial charge in [-0.1, -0.05) is 42.5 Å². The molecule has 1 aromatic heterocycles. The normalized spacial score (nSPS) is 11.6. The van der Waals surface area contributed by atoms with E-state index in [9.17, 15) is 9.59 Å². The van der Waals surface area contributed by atoms with Crippen LogP contribution in [0, 0.1) is 0 Å². The predicted molar refractivity (Wildman–Crippen MR) is 108 cm³/mol. The highest BCUT2D eigenvalue weighted by molar-refractivity contribution is 5.79. The van der Waals surface area contributed by atoms with Gasteiger partial charge < -0.3 is 10.1 Å². The highest BCUT2D eigenvalue weighted by Crippen LogP contribution is 2.15. The molecule has 0 fully saturated rings. The van der Waals surface area contributed by atoms with Gasteiger partial charge in [-0.2, -0.15) is 5.10 Å². The Morgan fingerprint density at radius 2 is 1.79 bits per heavy atom. The maximum Gasteiger partial charge on any atom is 0.267 e. The molecule has 2 aromatic carbocycles. The summed E-state index contributed by atoms with van der Waals surface area (Å²) in [6, 6.07) is 19.7. The van der Waals surface area contributed by atoms with E-state index in [-0.39, 0.29) is 11.5 Å². The van der Waals surface area contributed by atoms with Gasteiger partial charge in [0.25, 0.3) is 5.56 Å². The molecule has 0 radical (unpaired) electrons. The monoisotopic (exact) mass is 377 g/mol. The summed E-state index contributed by atoms with van der Waals surface area (Å²) in [5.41, 5.74) is 2.33. The summed E-state index contributed by atoms with van der Waals surface area (Å²) >= 11 is 0. The van der Waals surface area contributed by atoms with Gasteiger partial charge >= 0.3 is 0 Å². The molecule has 1 unspecified atom stereocenters. The molecule has 3 aromatic rings. The lowest BCUT2D eigenvalue weighted by Gasteiger charge is -2.15. The second kappa shape index (κ2) is 8.99. The molecule has 0 saturated carbocycles. The van der Waals surface area contributed by atoms with E-state index in [1.54, 1.807) is 20.1 Å². The molecule has 6 nitrogen and oxygen atoms in total. The highest BCUT2D eigenvalue weighted by atomic mass is 16.5. The van der Waals surface area contributed by atoms with Crippen molar-refractivity contribution in [2.75, 3.05) is 13.7 Å². The fourth-order valence-corrected chi connectivity index (χ4v) is 2.85. The van der Waals surface area contributed by atoms with Crippen LogP contribution in [0.15, 0.2) is 71.5 Å². The zero-order valence-electron chi connectivity index (χ0n) is 16.0. The Morgan fingerprint density at radius 1 is 1.07 bits per heavy atom. The van der Waals surface area contributed by atoms with Crippen LogP contribution in [-0.2, 0) is 11.2 Å². The van der Waals surface area contributed by atoms with Crippen LogP contribution < -0.4 is 15.6 Å². The average molecular weight is 377 g/mol. The van der Waals surface area contributed by atoms with Crippen molar-refractivity contribution in [3.05, 3.63) is 82.6 Å². The number of benzene rings is 2. The van der Waals surface area contributed by atoms with Gasteiger partial charge in [-0.25, -0.2) is 4.68 Å². The van der Waals surface area contributed by atoms with Crippen LogP contribution in [0.4, 0.5) is 0 Å². The van der Waals surface area contributed by atoms with Crippen molar-refractivity contribution in [1.29, 1.82) is 0 Å². The number of ether oxygens (including phenoxy) is 1. The van der Waals surface area contributed by atoms with E-state index in [0.717, 1.165) is 16.9 Å². The summed E-state index contributed by atoms with van der Waals surface area (Å²) in [4.78, 5) is 24.7. The standard InChI is InChI=1S/C22H23N3O3/c1-16(22(27)23-15-14-17-8-10-19(28-2)11-9-17)25-21(26)13-12-20(24-25)18-6-4-3-5-7-18/h3-13,16H,14-15H2,1-2H3,(H,23,27). The number of hydrogen-bond acceptors (Lipinski definition) is 4. The summed E-state index contributed by atoms with van der Waals surface area (Å²) < 4.78 is 6.36. The van der Waals surface area contributed by atoms with Gasteiger partial charge in [-0.05, 0) is 37.1 Å². The predicted octanol–water partition coefficient (Wildman–Crippen LogP) is 2.84. The Balaban J connectivity index is 1.64. The van der Waals surface area contributed by atoms with Crippen molar-refractivity contribution in [1.82, 2.24) is 15.1 Å². The molecule has 1 N–H and O–H groups in total. The van der Waals surface area contributed by atoms with Crippen molar-refractivity contribution in [2.24, 2.45) is 0 Å². The van der Waals surface area contributed by atoms with Crippen LogP contribution in [-0.4, -0.2) is 29.3 Å². The number of methoxy groups -OCH3 is 1. The quantitative estimate of drug-likeness (QED) is 0.687. The zero-order chi connectivity index (χ0) is 19.9. The van der Waals surface area contributed by atoms with E-state index in [4.69, 9.17) is 4.74 Å². The van der Waals surface area contributed by atoms with Crippen molar-refractivity contribution >= 4 is 5.91 Å². The van der Waals surface area contributed by atoms with Crippen molar-refractivity contribution in [2.45, 2.75) is 19.4 Å². The first-order valence-electron chi connectivity index (χ1n) is 9.14. The third-order valence-corrected chi connectivity index (χ3v) is 4.51. The van der Waals surface area contributed by atoms with Gasteiger partial charge in [-0.3, -0.25) is 9.59 Å². The van der Waals surface area contributed by atoms with E-state index in [2.05, 4.69) is 10.4 Å². The minimum absolute atomic E-state index is 0.242. The van der Waals surface area contributed by atoms with E-state index < -0.39 is 6.04 Å². The molecular formula is C22H23N3O3. The van der Waals surface area contributed by atoms with Crippen molar-refractivity contribution < 1.29 is 9.53 Å². The molecule has 0 aliphatic carbocycles. The molecule has 0 saturated heterocycles. The summed E-state index contributed by atoms with van der Waals surface area (Å²) in [5, 5.41) is 7.25. The molecule has 0 aliphatic heterocycles. The van der Waals surface area contributed by atoms with Crippen LogP contribution in [0.3, 0.4) is 0 Å². The van der Waals surface area contributed by atoms with Gasteiger partial charge in [0.15, 0.2) is 0 Å². The van der Waals surface area contributed by atoms with Crippen LogP contribution in [0.5, 0.6) is 5.75 Å². The Labute approximate surface area is 163 Å². The van der Waals surface area contributed by atoms with E-state index in [1.807, 2.05) is 54.6 Å². The molecular weight excluding hydrogens is 354 g/mol. The molecule has 0 bridgehead atoms. The Hall–Kier alpha value is -3.41. The molecule has 0 aliphatic rings. The molecule has 6 heteroatoms. The molecule has 0 spiro atoms. The third kappa shape index (κ3) is 4.65. The SMILES string of the molecule is COc1ccc(CCNC(=O)C(C)n2nc(-c3ccccc3)ccc2=O)cc1. The van der Waals surface area contributed by atoms with Crippen LogP contribution in [0.2, 0.25) is 0 Å². The smallest absolute Gasteiger partial charge is 0.267 e. The first-order valence-corrected chi connectivity index (χ1v) is 9.14. The number of carbonyl (C=O) groups excluding carboxylic acids is 1. The van der Waals surface area contributed by atoms with Gasteiger partial charge in [0.2, 0.25) is 5.91 Å². The molecule has 3 rings (SSSR count). The number of aromatic nitrogens is 2. The van der Waals surface area contributed by atoms with Gasteiger partial charge in [0.05, 0.1) is 12.8 Å². The minimum atomic E-state index is -0.702. The first kappa shape index (κ1) is 19.4. The maximum atomic E-state index is 12.5. The largest absolute Gasteiger partial charge is 0.497 e. The molecule has 1 amide bonds. The van der Waals surface area contributed by atoms with Crippen molar-refractivity contribution in [3.8, 4) is 17.0 Å². The van der Waals surface area contributed by atoms with Crippen LogP contribution >= 0.6 is 0 Å². The second-order valence-electron chi connectivity index (χ2n) is 6.43. The number of nitrogens with zero attached hydrogens (tertiary/aromatic N) is 2. The molecule has 144 valence electrons. The maximum absolute atomic E-state index is 12.5. The van der Waals surface area contributed by atoms with Crippen LogP contribution in [0.25, 0.3) is 11.3 Å². The fourth-order valence-electron chi connectivity index (χ4n) is 2.85. The van der Waals surface area contributed by atoms with Crippen molar-refractivity contribution in [3.63, 3.8) is 0 Å². The number of carbonyl (C=O) groups is 1. The van der Waals surface area contributed by atoms with Gasteiger partial charge in [0, 0.05) is 18.2 Å². The van der Waals surface area contributed by atoms with E-state index in [1.165, 1.54) is 10.7 Å². The fraction of sp³-hybridized carbons (Fsp3) is 0.227. The van der Waals surface area contributed by atoms with Crippen LogP contribution in [0.1, 0.15) is 18.5 Å². The number of hydrogen-bond donors (Lipinski definition) is 1. The second-order valence-corrected chi connectivity index (χ2v) is 6.43. The summed E-state index contributed by atoms with van der Waals surface area (Å²) in [5.74, 6) is 0.554. The summed E-state index contributed by atoms with van der Waals surface area (Å²) in [6.45, 7) is 2.15. The van der Waals surface area contributed by atoms with Gasteiger partial charge in [0.1, 0.15) is 11.8 Å². The Bertz CT molecular complexity index is 982. The summed E-state index contributed by atoms with van der Waals surface area (Å²) in [6.07, 6.45) is 0.689. The lowest BCUT2D eigenvalue weighted by Crippen LogP contribution is -2.37. The number of nitrogens with one attached hydrogen (secondary N) is 1. The lowest BCUT2D eigenvalue weighted by atomic mass is 10.1.